The van der Waals surface area contributed by atoms with Crippen LogP contribution in [0.5, 0.6) is 11.5 Å². The first-order valence-electron chi connectivity index (χ1n) is 8.90. The highest BCUT2D eigenvalue weighted by Crippen LogP contribution is 2.32. The van der Waals surface area contributed by atoms with Gasteiger partial charge in [-0.1, -0.05) is 12.1 Å². The molecule has 1 aromatic heterocycles. The Kier molecular flexibility index (Phi) is 6.13. The number of benzene rings is 2. The second-order valence-electron chi connectivity index (χ2n) is 6.42. The van der Waals surface area contributed by atoms with E-state index < -0.39 is 5.91 Å². The molecule has 0 bridgehead atoms. The van der Waals surface area contributed by atoms with Crippen LogP contribution in [0.25, 0.3) is 11.3 Å². The molecule has 8 heteroatoms. The number of aromatic nitrogens is 2. The summed E-state index contributed by atoms with van der Waals surface area (Å²) in [6.45, 7) is 0. The number of hydrazone groups is 1. The number of rotatable bonds is 7. The number of carbonyl (C=O) groups is 1. The second-order valence-corrected chi connectivity index (χ2v) is 6.42. The third-order valence-corrected chi connectivity index (χ3v) is 4.29. The Bertz CT molecular complexity index is 1010. The van der Waals surface area contributed by atoms with Gasteiger partial charge in [-0.3, -0.25) is 9.89 Å². The lowest BCUT2D eigenvalue weighted by atomic mass is 10.1. The van der Waals surface area contributed by atoms with Crippen molar-refractivity contribution in [3.8, 4) is 22.8 Å². The van der Waals surface area contributed by atoms with E-state index in [-0.39, 0.29) is 5.69 Å². The van der Waals surface area contributed by atoms with Crippen molar-refractivity contribution < 1.29 is 14.3 Å². The first-order valence-corrected chi connectivity index (χ1v) is 8.90. The van der Waals surface area contributed by atoms with Crippen LogP contribution >= 0.6 is 0 Å². The molecule has 3 aromatic rings. The molecule has 0 spiro atoms. The van der Waals surface area contributed by atoms with E-state index in [1.165, 1.54) is 0 Å². The molecule has 8 nitrogen and oxygen atoms in total. The minimum absolute atomic E-state index is 0.282. The minimum Gasteiger partial charge on any atom is -0.497 e. The number of nitrogens with zero attached hydrogens (tertiary/aromatic N) is 3. The monoisotopic (exact) mass is 393 g/mol. The summed E-state index contributed by atoms with van der Waals surface area (Å²) in [6.07, 6.45) is 1.58. The first kappa shape index (κ1) is 19.9. The minimum atomic E-state index is -0.397. The fourth-order valence-electron chi connectivity index (χ4n) is 2.67. The molecule has 2 aromatic carbocycles. The Labute approximate surface area is 169 Å². The van der Waals surface area contributed by atoms with Crippen molar-refractivity contribution in [3.05, 3.63) is 59.8 Å². The van der Waals surface area contributed by atoms with Crippen LogP contribution in [-0.2, 0) is 0 Å². The van der Waals surface area contributed by atoms with E-state index in [1.54, 1.807) is 44.7 Å². The van der Waals surface area contributed by atoms with Crippen molar-refractivity contribution in [2.45, 2.75) is 0 Å². The molecular weight excluding hydrogens is 370 g/mol. The van der Waals surface area contributed by atoms with Gasteiger partial charge in [0.05, 0.1) is 26.1 Å². The van der Waals surface area contributed by atoms with Crippen LogP contribution in [-0.4, -0.2) is 50.6 Å². The predicted molar refractivity (Wildman–Crippen MR) is 113 cm³/mol. The summed E-state index contributed by atoms with van der Waals surface area (Å²) in [4.78, 5) is 14.4. The van der Waals surface area contributed by atoms with Gasteiger partial charge in [-0.15, -0.1) is 0 Å². The average Bonchev–Trinajstić information content (AvgIpc) is 3.23. The van der Waals surface area contributed by atoms with Crippen molar-refractivity contribution in [3.63, 3.8) is 0 Å². The molecular formula is C21H23N5O3. The number of amides is 1. The molecule has 0 saturated carbocycles. The highest BCUT2D eigenvalue weighted by Gasteiger charge is 2.14. The summed E-state index contributed by atoms with van der Waals surface area (Å²) in [5.41, 5.74) is 6.02. The standard InChI is InChI=1S/C21H23N5O3/c1-26(2)15-7-5-14(6-8-15)13-22-25-21(27)19-12-18(23-24-19)17-11-16(28-3)9-10-20(17)29-4/h5-13H,1-4H3,(H,23,24)(H,25,27)/b22-13-. The van der Waals surface area contributed by atoms with E-state index in [1.807, 2.05) is 43.3 Å². The largest absolute Gasteiger partial charge is 0.497 e. The number of nitrogens with one attached hydrogen (secondary N) is 2. The van der Waals surface area contributed by atoms with Gasteiger partial charge in [0.25, 0.3) is 5.91 Å². The quantitative estimate of drug-likeness (QED) is 0.476. The van der Waals surface area contributed by atoms with Crippen LogP contribution in [0.3, 0.4) is 0 Å². The van der Waals surface area contributed by atoms with E-state index in [0.717, 1.165) is 11.3 Å². The molecule has 1 amide bonds. The molecule has 0 unspecified atom stereocenters. The maximum Gasteiger partial charge on any atom is 0.289 e. The van der Waals surface area contributed by atoms with Crippen LogP contribution in [0, 0.1) is 0 Å². The van der Waals surface area contributed by atoms with Crippen molar-refractivity contribution in [1.82, 2.24) is 15.6 Å². The number of methoxy groups -OCH3 is 2. The van der Waals surface area contributed by atoms with Gasteiger partial charge in [-0.05, 0) is 42.0 Å². The number of hydrogen-bond acceptors (Lipinski definition) is 6. The molecule has 0 radical (unpaired) electrons. The Hall–Kier alpha value is -3.81. The lowest BCUT2D eigenvalue weighted by Crippen LogP contribution is -2.18. The third-order valence-electron chi connectivity index (χ3n) is 4.29. The molecule has 150 valence electrons. The maximum absolute atomic E-state index is 12.3. The summed E-state index contributed by atoms with van der Waals surface area (Å²) in [5, 5.41) is 10.9. The average molecular weight is 393 g/mol. The SMILES string of the molecule is COc1ccc(OC)c(-c2cc(C(=O)N/N=C\c3ccc(N(C)C)cc3)[nH]n2)c1. The molecule has 0 fully saturated rings. The number of anilines is 1. The molecule has 0 atom stereocenters. The van der Waals surface area contributed by atoms with Crippen LogP contribution < -0.4 is 19.8 Å². The summed E-state index contributed by atoms with van der Waals surface area (Å²) in [5.74, 6) is 0.898. The van der Waals surface area contributed by atoms with Crippen LogP contribution in [0.2, 0.25) is 0 Å². The number of ether oxygens (including phenoxy) is 2. The smallest absolute Gasteiger partial charge is 0.289 e. The van der Waals surface area contributed by atoms with Gasteiger partial charge in [0.1, 0.15) is 17.2 Å². The van der Waals surface area contributed by atoms with Crippen molar-refractivity contribution in [2.24, 2.45) is 5.10 Å². The lowest BCUT2D eigenvalue weighted by molar-refractivity contribution is 0.0950. The summed E-state index contributed by atoms with van der Waals surface area (Å²) >= 11 is 0. The van der Waals surface area contributed by atoms with E-state index in [4.69, 9.17) is 9.47 Å². The van der Waals surface area contributed by atoms with Gasteiger partial charge in [0, 0.05) is 25.3 Å². The van der Waals surface area contributed by atoms with E-state index in [0.29, 0.717) is 22.8 Å². The second kappa shape index (κ2) is 8.92. The molecule has 0 saturated heterocycles. The van der Waals surface area contributed by atoms with Gasteiger partial charge < -0.3 is 14.4 Å². The van der Waals surface area contributed by atoms with Crippen LogP contribution in [0.1, 0.15) is 16.1 Å². The topological polar surface area (TPSA) is 91.8 Å². The molecule has 0 aliphatic carbocycles. The van der Waals surface area contributed by atoms with Gasteiger partial charge in [-0.25, -0.2) is 5.43 Å². The molecule has 0 aliphatic heterocycles. The Morgan fingerprint density at radius 2 is 1.86 bits per heavy atom. The third kappa shape index (κ3) is 4.73. The Morgan fingerprint density at radius 3 is 2.52 bits per heavy atom. The highest BCUT2D eigenvalue weighted by molar-refractivity contribution is 5.94. The lowest BCUT2D eigenvalue weighted by Gasteiger charge is -2.11. The van der Waals surface area contributed by atoms with Gasteiger partial charge in [0.15, 0.2) is 0 Å². The van der Waals surface area contributed by atoms with Gasteiger partial charge in [-0.2, -0.15) is 10.2 Å². The van der Waals surface area contributed by atoms with Gasteiger partial charge >= 0.3 is 0 Å². The molecule has 3 rings (SSSR count). The van der Waals surface area contributed by atoms with E-state index >= 15 is 0 Å². The van der Waals surface area contributed by atoms with Crippen LogP contribution in [0.4, 0.5) is 5.69 Å². The molecule has 29 heavy (non-hydrogen) atoms. The summed E-state index contributed by atoms with van der Waals surface area (Å²) in [7, 11) is 7.11. The Balaban J connectivity index is 1.69. The fraction of sp³-hybridized carbons (Fsp3) is 0.190. The zero-order chi connectivity index (χ0) is 20.8. The summed E-state index contributed by atoms with van der Waals surface area (Å²) in [6, 6.07) is 14.8. The van der Waals surface area contributed by atoms with E-state index in [2.05, 4.69) is 20.7 Å². The van der Waals surface area contributed by atoms with Gasteiger partial charge in [0.2, 0.25) is 0 Å². The zero-order valence-corrected chi connectivity index (χ0v) is 16.8. The van der Waals surface area contributed by atoms with Crippen molar-refractivity contribution >= 4 is 17.8 Å². The number of aromatic amines is 1. The van der Waals surface area contributed by atoms with Crippen molar-refractivity contribution in [1.29, 1.82) is 0 Å². The zero-order valence-electron chi connectivity index (χ0n) is 16.8. The molecule has 2 N–H and O–H groups in total. The van der Waals surface area contributed by atoms with E-state index in [9.17, 15) is 4.79 Å². The first-order chi connectivity index (χ1) is 14.0. The molecule has 0 aliphatic rings. The highest BCUT2D eigenvalue weighted by atomic mass is 16.5. The van der Waals surface area contributed by atoms with Crippen molar-refractivity contribution in [2.75, 3.05) is 33.2 Å². The maximum atomic E-state index is 12.3. The molecule has 1 heterocycles. The van der Waals surface area contributed by atoms with Crippen LogP contribution in [0.15, 0.2) is 53.6 Å². The fourth-order valence-corrected chi connectivity index (χ4v) is 2.67. The number of carbonyl (C=O) groups excluding carboxylic acids is 1. The predicted octanol–water partition coefficient (Wildman–Crippen LogP) is 2.92. The number of H-pyrrole nitrogens is 1. The summed E-state index contributed by atoms with van der Waals surface area (Å²) < 4.78 is 10.6. The number of hydrogen-bond donors (Lipinski definition) is 2. The normalized spacial score (nSPS) is 10.8. The Morgan fingerprint density at radius 1 is 1.10 bits per heavy atom.